The number of rotatable bonds is 7. The molecule has 0 spiro atoms. The zero-order chi connectivity index (χ0) is 14.6. The lowest BCUT2D eigenvalue weighted by Gasteiger charge is -2.17. The maximum absolute atomic E-state index is 8.84. The Balaban J connectivity index is 2.05. The Bertz CT molecular complexity index is 506. The summed E-state index contributed by atoms with van der Waals surface area (Å²) < 4.78 is 5.95. The van der Waals surface area contributed by atoms with Crippen molar-refractivity contribution in [2.75, 3.05) is 6.61 Å². The monoisotopic (exact) mass is 292 g/mol. The van der Waals surface area contributed by atoms with Crippen molar-refractivity contribution in [3.05, 3.63) is 28.8 Å². The molecule has 0 heterocycles. The van der Waals surface area contributed by atoms with E-state index in [-0.39, 0.29) is 11.5 Å². The third kappa shape index (κ3) is 3.88. The number of benzene rings is 1. The van der Waals surface area contributed by atoms with Crippen molar-refractivity contribution in [1.82, 2.24) is 0 Å². The molecule has 1 aliphatic rings. The van der Waals surface area contributed by atoms with E-state index >= 15 is 0 Å². The maximum Gasteiger partial charge on any atom is 0.122 e. The van der Waals surface area contributed by atoms with E-state index in [1.54, 1.807) is 0 Å². The van der Waals surface area contributed by atoms with Crippen LogP contribution in [-0.4, -0.2) is 12.6 Å². The number of nitrogens with two attached hydrogens (primary N) is 1. The minimum Gasteiger partial charge on any atom is -0.493 e. The van der Waals surface area contributed by atoms with Gasteiger partial charge in [-0.2, -0.15) is 5.26 Å². The van der Waals surface area contributed by atoms with Gasteiger partial charge in [-0.15, -0.1) is 0 Å². The fourth-order valence-corrected chi connectivity index (χ4v) is 2.42. The Hall–Kier alpha value is -1.24. The highest BCUT2D eigenvalue weighted by Crippen LogP contribution is 2.48. The molecule has 0 amide bonds. The third-order valence-electron chi connectivity index (χ3n) is 3.97. The molecule has 1 unspecified atom stereocenters. The first-order chi connectivity index (χ1) is 9.58. The molecule has 3 nitrogen and oxygen atoms in total. The van der Waals surface area contributed by atoms with Crippen LogP contribution in [0.4, 0.5) is 0 Å². The summed E-state index contributed by atoms with van der Waals surface area (Å²) in [6.07, 6.45) is 4.42. The maximum atomic E-state index is 8.84. The molecule has 1 atom stereocenters. The van der Waals surface area contributed by atoms with Crippen LogP contribution in [0.3, 0.4) is 0 Å². The third-order valence-corrected chi connectivity index (χ3v) is 4.21. The molecule has 1 fully saturated rings. The second-order valence-corrected chi connectivity index (χ2v) is 6.18. The lowest BCUT2D eigenvalue weighted by molar-refractivity contribution is 0.234. The van der Waals surface area contributed by atoms with E-state index in [0.717, 1.165) is 37.0 Å². The predicted molar refractivity (Wildman–Crippen MR) is 80.8 cm³/mol. The highest BCUT2D eigenvalue weighted by Gasteiger charge is 2.43. The number of ether oxygens (including phenoxy) is 1. The minimum atomic E-state index is 0.0819. The van der Waals surface area contributed by atoms with Crippen molar-refractivity contribution in [3.63, 3.8) is 0 Å². The van der Waals surface area contributed by atoms with Gasteiger partial charge < -0.3 is 10.5 Å². The number of halogens is 1. The van der Waals surface area contributed by atoms with E-state index in [1.165, 1.54) is 0 Å². The SMILES string of the molecule is CCC(N)Cc1cc(Cl)ccc1OCC1(CC#N)CC1. The molecule has 0 radical (unpaired) electrons. The Labute approximate surface area is 125 Å². The van der Waals surface area contributed by atoms with Crippen LogP contribution in [-0.2, 0) is 6.42 Å². The van der Waals surface area contributed by atoms with Crippen LogP contribution < -0.4 is 10.5 Å². The summed E-state index contributed by atoms with van der Waals surface area (Å²) in [5.74, 6) is 0.850. The molecule has 1 aromatic rings. The van der Waals surface area contributed by atoms with Gasteiger partial charge in [0.15, 0.2) is 0 Å². The molecular weight excluding hydrogens is 272 g/mol. The van der Waals surface area contributed by atoms with Gasteiger partial charge in [0.05, 0.1) is 12.7 Å². The van der Waals surface area contributed by atoms with Crippen molar-refractivity contribution in [2.24, 2.45) is 11.1 Å². The van der Waals surface area contributed by atoms with E-state index < -0.39 is 0 Å². The van der Waals surface area contributed by atoms with E-state index in [1.807, 2.05) is 18.2 Å². The average Bonchev–Trinajstić information content (AvgIpc) is 3.18. The summed E-state index contributed by atoms with van der Waals surface area (Å²) >= 11 is 6.06. The largest absolute Gasteiger partial charge is 0.493 e. The van der Waals surface area contributed by atoms with Gasteiger partial charge in [-0.05, 0) is 49.4 Å². The Kier molecular flexibility index (Phi) is 4.91. The van der Waals surface area contributed by atoms with Crippen molar-refractivity contribution in [3.8, 4) is 11.8 Å². The molecule has 0 aliphatic heterocycles. The van der Waals surface area contributed by atoms with Crippen molar-refractivity contribution >= 4 is 11.6 Å². The highest BCUT2D eigenvalue weighted by molar-refractivity contribution is 6.30. The van der Waals surface area contributed by atoms with Gasteiger partial charge in [0, 0.05) is 22.9 Å². The first kappa shape index (κ1) is 15.2. The van der Waals surface area contributed by atoms with Crippen molar-refractivity contribution < 1.29 is 4.74 Å². The van der Waals surface area contributed by atoms with Gasteiger partial charge >= 0.3 is 0 Å². The zero-order valence-electron chi connectivity index (χ0n) is 11.9. The summed E-state index contributed by atoms with van der Waals surface area (Å²) in [6, 6.07) is 8.03. The van der Waals surface area contributed by atoms with Gasteiger partial charge in [-0.25, -0.2) is 0 Å². The molecule has 2 rings (SSSR count). The molecule has 0 aromatic heterocycles. The summed E-state index contributed by atoms with van der Waals surface area (Å²) in [6.45, 7) is 2.68. The number of hydrogen-bond acceptors (Lipinski definition) is 3. The predicted octanol–water partition coefficient (Wildman–Crippen LogP) is 3.69. The van der Waals surface area contributed by atoms with E-state index in [9.17, 15) is 0 Å². The summed E-state index contributed by atoms with van der Waals surface area (Å²) in [5.41, 5.74) is 7.16. The number of nitriles is 1. The van der Waals surface area contributed by atoms with Crippen LogP contribution in [0, 0.1) is 16.7 Å². The molecule has 0 bridgehead atoms. The quantitative estimate of drug-likeness (QED) is 0.834. The van der Waals surface area contributed by atoms with Crippen LogP contribution in [0.2, 0.25) is 5.02 Å². The smallest absolute Gasteiger partial charge is 0.122 e. The average molecular weight is 293 g/mol. The van der Waals surface area contributed by atoms with Crippen LogP contribution in [0.25, 0.3) is 0 Å². The highest BCUT2D eigenvalue weighted by atomic mass is 35.5. The molecule has 2 N–H and O–H groups in total. The fraction of sp³-hybridized carbons (Fsp3) is 0.562. The molecule has 108 valence electrons. The van der Waals surface area contributed by atoms with Gasteiger partial charge in [0.25, 0.3) is 0 Å². The first-order valence-electron chi connectivity index (χ1n) is 7.12. The van der Waals surface area contributed by atoms with Crippen LogP contribution in [0.1, 0.15) is 38.2 Å². The van der Waals surface area contributed by atoms with Crippen LogP contribution >= 0.6 is 11.6 Å². The molecule has 0 saturated heterocycles. The van der Waals surface area contributed by atoms with E-state index in [2.05, 4.69) is 13.0 Å². The van der Waals surface area contributed by atoms with Crippen LogP contribution in [0.5, 0.6) is 5.75 Å². The molecule has 20 heavy (non-hydrogen) atoms. The minimum absolute atomic E-state index is 0.0819. The summed E-state index contributed by atoms with van der Waals surface area (Å²) in [4.78, 5) is 0. The summed E-state index contributed by atoms with van der Waals surface area (Å²) in [7, 11) is 0. The van der Waals surface area contributed by atoms with E-state index in [0.29, 0.717) is 18.1 Å². The fourth-order valence-electron chi connectivity index (χ4n) is 2.22. The van der Waals surface area contributed by atoms with Crippen molar-refractivity contribution in [2.45, 2.75) is 45.1 Å². The van der Waals surface area contributed by atoms with Gasteiger partial charge in [0.1, 0.15) is 5.75 Å². The normalized spacial score (nSPS) is 17.3. The van der Waals surface area contributed by atoms with E-state index in [4.69, 9.17) is 27.3 Å². The molecule has 4 heteroatoms. The van der Waals surface area contributed by atoms with Gasteiger partial charge in [-0.1, -0.05) is 18.5 Å². The number of hydrogen-bond donors (Lipinski definition) is 1. The Morgan fingerprint density at radius 3 is 2.85 bits per heavy atom. The Morgan fingerprint density at radius 2 is 2.25 bits per heavy atom. The van der Waals surface area contributed by atoms with Gasteiger partial charge in [-0.3, -0.25) is 0 Å². The zero-order valence-corrected chi connectivity index (χ0v) is 12.6. The summed E-state index contributed by atoms with van der Waals surface area (Å²) in [5, 5.41) is 9.54. The lowest BCUT2D eigenvalue weighted by atomic mass is 10.0. The topological polar surface area (TPSA) is 59.0 Å². The Morgan fingerprint density at radius 1 is 1.50 bits per heavy atom. The molecular formula is C16H21ClN2O. The molecule has 1 aliphatic carbocycles. The number of nitrogens with zero attached hydrogens (tertiary/aromatic N) is 1. The van der Waals surface area contributed by atoms with Crippen molar-refractivity contribution in [1.29, 1.82) is 5.26 Å². The van der Waals surface area contributed by atoms with Crippen LogP contribution in [0.15, 0.2) is 18.2 Å². The first-order valence-corrected chi connectivity index (χ1v) is 7.50. The molecule has 1 aromatic carbocycles. The second kappa shape index (κ2) is 6.47. The standard InChI is InChI=1S/C16H21ClN2O/c1-2-14(19)10-12-9-13(17)3-4-15(12)20-11-16(5-6-16)7-8-18/h3-4,9,14H,2,5-7,10-11,19H2,1H3. The molecule has 1 saturated carbocycles. The van der Waals surface area contributed by atoms with Gasteiger partial charge in [0.2, 0.25) is 0 Å². The lowest BCUT2D eigenvalue weighted by Crippen LogP contribution is -2.22. The second-order valence-electron chi connectivity index (χ2n) is 5.75.